The predicted molar refractivity (Wildman–Crippen MR) is 283 cm³/mol. The van der Waals surface area contributed by atoms with Crippen molar-refractivity contribution in [2.45, 2.75) is 137 Å². The summed E-state index contributed by atoms with van der Waals surface area (Å²) in [7, 11) is 0. The zero-order valence-electron chi connectivity index (χ0n) is 42.8. The number of aromatic nitrogens is 6. The van der Waals surface area contributed by atoms with Crippen molar-refractivity contribution in [3.63, 3.8) is 0 Å². The predicted octanol–water partition coefficient (Wildman–Crippen LogP) is 11.4. The van der Waals surface area contributed by atoms with Crippen LogP contribution in [0.3, 0.4) is 0 Å². The lowest BCUT2D eigenvalue weighted by atomic mass is 9.73. The average Bonchev–Trinajstić information content (AvgIpc) is 3.87. The van der Waals surface area contributed by atoms with E-state index in [9.17, 15) is 9.59 Å². The van der Waals surface area contributed by atoms with Crippen LogP contribution in [0.5, 0.6) is 0 Å². The number of aryl methyl sites for hydroxylation is 5. The molecule has 3 aliphatic rings. The number of hydrogen-bond donors (Lipinski definition) is 1. The molecule has 72 heavy (non-hydrogen) atoms. The molecule has 384 valence electrons. The van der Waals surface area contributed by atoms with Gasteiger partial charge in [-0.15, -0.1) is 10.2 Å². The fourth-order valence-corrected chi connectivity index (χ4v) is 10.2. The second-order valence-corrected chi connectivity index (χ2v) is 20.9. The number of benzene rings is 3. The van der Waals surface area contributed by atoms with Gasteiger partial charge >= 0.3 is 0 Å². The Morgan fingerprint density at radius 2 is 1.43 bits per heavy atom. The maximum absolute atomic E-state index is 12.3. The van der Waals surface area contributed by atoms with Crippen LogP contribution in [-0.2, 0) is 43.6 Å². The summed E-state index contributed by atoms with van der Waals surface area (Å²) in [5, 5.41) is 15.8. The van der Waals surface area contributed by atoms with Crippen LogP contribution in [0.15, 0.2) is 93.9 Å². The maximum Gasteiger partial charge on any atom is 0.259 e. The molecule has 2 amide bonds. The topological polar surface area (TPSA) is 160 Å². The molecule has 0 radical (unpaired) electrons. The summed E-state index contributed by atoms with van der Waals surface area (Å²) in [5.41, 5.74) is 5.07. The number of rotatable bonds is 18. The van der Waals surface area contributed by atoms with Crippen LogP contribution in [0.4, 0.5) is 5.95 Å². The number of amides is 2. The third-order valence-corrected chi connectivity index (χ3v) is 13.9. The number of likely N-dealkylation sites (tertiary alicyclic amines) is 2. The van der Waals surface area contributed by atoms with Gasteiger partial charge in [0.1, 0.15) is 0 Å². The van der Waals surface area contributed by atoms with Gasteiger partial charge < -0.3 is 13.8 Å². The SMILES string of the molecule is CCCN(C(=O)CCc1nnc(CCCc2ccccc2)o1)C(C)C.Cc1cc(C)nc(NC(=O)c2ccc(Cl)cc2Cl)n1.c1ccc(CN2CCCC3(CCCN(Cc4nc(CC5CC5)no4)C3)C2)cc1. The molecule has 5 heterocycles. The van der Waals surface area contributed by atoms with Gasteiger partial charge in [-0.25, -0.2) is 9.97 Å². The van der Waals surface area contributed by atoms with Crippen molar-refractivity contribution in [1.82, 2.24) is 45.0 Å². The number of hydrogen-bond acceptors (Lipinski definition) is 12. The minimum atomic E-state index is -0.369. The zero-order valence-corrected chi connectivity index (χ0v) is 44.3. The zero-order chi connectivity index (χ0) is 50.9. The van der Waals surface area contributed by atoms with E-state index in [0.717, 1.165) is 87.3 Å². The molecule has 2 aliphatic heterocycles. The lowest BCUT2D eigenvalue weighted by Gasteiger charge is -2.48. The second-order valence-electron chi connectivity index (χ2n) is 20.0. The first-order valence-corrected chi connectivity index (χ1v) is 26.6. The normalized spacial score (nSPS) is 16.9. The van der Waals surface area contributed by atoms with Crippen molar-refractivity contribution in [3.05, 3.63) is 147 Å². The maximum atomic E-state index is 12.3. The summed E-state index contributed by atoms with van der Waals surface area (Å²) in [6.45, 7) is 17.3. The van der Waals surface area contributed by atoms with Crippen molar-refractivity contribution >= 4 is 41.0 Å². The molecule has 1 N–H and O–H groups in total. The number of piperidine rings is 2. The Hall–Kier alpha value is -5.54. The number of anilines is 1. The summed E-state index contributed by atoms with van der Waals surface area (Å²) in [4.78, 5) is 44.4. The number of halogens is 2. The number of nitrogens with one attached hydrogen (secondary N) is 1. The molecule has 14 nitrogen and oxygen atoms in total. The fraction of sp³-hybridized carbons (Fsp3) is 0.500. The highest BCUT2D eigenvalue weighted by Crippen LogP contribution is 2.39. The smallest absolute Gasteiger partial charge is 0.259 e. The van der Waals surface area contributed by atoms with Crippen LogP contribution in [0, 0.1) is 25.2 Å². The molecule has 2 saturated heterocycles. The molecule has 1 saturated carbocycles. The highest BCUT2D eigenvalue weighted by Gasteiger charge is 2.39. The molecule has 6 aromatic rings. The van der Waals surface area contributed by atoms with E-state index >= 15 is 0 Å². The van der Waals surface area contributed by atoms with Crippen molar-refractivity contribution in [3.8, 4) is 0 Å². The quantitative estimate of drug-likeness (QED) is 0.0869. The van der Waals surface area contributed by atoms with Crippen molar-refractivity contribution in [1.29, 1.82) is 0 Å². The van der Waals surface area contributed by atoms with Gasteiger partial charge in [-0.2, -0.15) is 4.98 Å². The lowest BCUT2D eigenvalue weighted by molar-refractivity contribution is -0.133. The monoisotopic (exact) mass is 1020 g/mol. The third-order valence-electron chi connectivity index (χ3n) is 13.3. The van der Waals surface area contributed by atoms with Gasteiger partial charge in [0.2, 0.25) is 29.5 Å². The standard InChI is InChI=1S/C23H32N4O.C20H29N3O2.C13H11Cl2N3O/c1-2-6-20(7-3-1)15-26-12-4-10-23(17-26)11-5-13-27(18-23)16-22-24-21(25-28-22)14-19-8-9-19;1-4-15-23(16(2)3)20(24)14-13-19-22-21-18(25-19)12-8-11-17-9-6-5-7-10-17;1-7-5-8(2)17-13(16-7)18-12(19)10-4-3-9(14)6-11(10)15/h1-3,6-7,19H,4-5,8-18H2;5-7,9-10,16H,4,8,11-15H2,1-3H3;3-6H,1-2H3,(H,16,17,18,19). The summed E-state index contributed by atoms with van der Waals surface area (Å²) in [6, 6.07) is 28.0. The van der Waals surface area contributed by atoms with Crippen LogP contribution in [0.1, 0.15) is 135 Å². The minimum Gasteiger partial charge on any atom is -0.425 e. The van der Waals surface area contributed by atoms with Crippen LogP contribution in [0.2, 0.25) is 10.0 Å². The van der Waals surface area contributed by atoms with Crippen molar-refractivity contribution in [2.24, 2.45) is 11.3 Å². The Morgan fingerprint density at radius 1 is 0.792 bits per heavy atom. The molecule has 3 aromatic carbocycles. The Balaban J connectivity index is 0.000000162. The Kier molecular flexibility index (Phi) is 20.3. The van der Waals surface area contributed by atoms with Gasteiger partial charge in [-0.05, 0) is 145 Å². The van der Waals surface area contributed by atoms with Gasteiger partial charge in [0.05, 0.1) is 17.1 Å². The molecule has 1 atom stereocenters. The number of carbonyl (C=O) groups excluding carboxylic acids is 2. The summed E-state index contributed by atoms with van der Waals surface area (Å²) >= 11 is 11.7. The number of nitrogens with zero attached hydrogens (tertiary/aromatic N) is 9. The molecule has 1 aliphatic carbocycles. The third kappa shape index (κ3) is 17.3. The van der Waals surface area contributed by atoms with Gasteiger partial charge in [-0.3, -0.25) is 24.7 Å². The van der Waals surface area contributed by atoms with Gasteiger partial charge in [0.25, 0.3) is 5.91 Å². The van der Waals surface area contributed by atoms with Crippen LogP contribution < -0.4 is 5.32 Å². The average molecular weight is 1020 g/mol. The summed E-state index contributed by atoms with van der Waals surface area (Å²) in [5.74, 6) is 3.79. The van der Waals surface area contributed by atoms with E-state index < -0.39 is 0 Å². The molecule has 3 aromatic heterocycles. The van der Waals surface area contributed by atoms with Crippen molar-refractivity contribution < 1.29 is 18.5 Å². The Bertz CT molecular complexity index is 2600. The molecule has 1 unspecified atom stereocenters. The largest absolute Gasteiger partial charge is 0.425 e. The van der Waals surface area contributed by atoms with Crippen molar-refractivity contribution in [2.75, 3.05) is 38.0 Å². The highest BCUT2D eigenvalue weighted by atomic mass is 35.5. The lowest BCUT2D eigenvalue weighted by Crippen LogP contribution is -2.51. The fourth-order valence-electron chi connectivity index (χ4n) is 9.75. The first-order valence-electron chi connectivity index (χ1n) is 25.9. The highest BCUT2D eigenvalue weighted by molar-refractivity contribution is 6.37. The van der Waals surface area contributed by atoms with E-state index in [0.29, 0.717) is 40.6 Å². The molecule has 1 spiro atoms. The molecule has 9 rings (SSSR count). The van der Waals surface area contributed by atoms with Gasteiger partial charge in [0, 0.05) is 74.3 Å². The Labute approximate surface area is 435 Å². The van der Waals surface area contributed by atoms with Crippen LogP contribution in [-0.4, -0.2) is 95.6 Å². The Morgan fingerprint density at radius 3 is 2.06 bits per heavy atom. The molecule has 0 bridgehead atoms. The molecule has 16 heteroatoms. The minimum absolute atomic E-state index is 0.153. The summed E-state index contributed by atoms with van der Waals surface area (Å²) in [6.07, 6.45) is 13.6. The molecular formula is C56H72Cl2N10O4. The van der Waals surface area contributed by atoms with E-state index in [1.807, 2.05) is 44.7 Å². The van der Waals surface area contributed by atoms with E-state index in [-0.39, 0.29) is 28.8 Å². The van der Waals surface area contributed by atoms with Crippen LogP contribution >= 0.6 is 23.2 Å². The first-order chi connectivity index (χ1) is 34.8. The van der Waals surface area contributed by atoms with Gasteiger partial charge in [-0.1, -0.05) is 95.9 Å². The van der Waals surface area contributed by atoms with Gasteiger partial charge in [0.15, 0.2) is 5.82 Å². The van der Waals surface area contributed by atoms with E-state index in [1.54, 1.807) is 12.1 Å². The molecular weight excluding hydrogens is 948 g/mol. The van der Waals surface area contributed by atoms with E-state index in [2.05, 4.69) is 107 Å². The summed E-state index contributed by atoms with van der Waals surface area (Å²) < 4.78 is 11.2. The van der Waals surface area contributed by atoms with E-state index in [1.165, 1.54) is 75.4 Å². The van der Waals surface area contributed by atoms with Crippen LogP contribution in [0.25, 0.3) is 0 Å². The number of carbonyl (C=O) groups is 2. The first kappa shape index (κ1) is 54.2. The molecule has 3 fully saturated rings. The second kappa shape index (κ2) is 27.0. The van der Waals surface area contributed by atoms with E-state index in [4.69, 9.17) is 32.1 Å².